The molecule has 0 saturated heterocycles. The lowest BCUT2D eigenvalue weighted by molar-refractivity contribution is -0.143. The van der Waals surface area contributed by atoms with Crippen molar-refractivity contribution in [3.63, 3.8) is 0 Å². The average Bonchev–Trinajstić information content (AvgIpc) is 2.77. The van der Waals surface area contributed by atoms with Crippen LogP contribution in [0.25, 0.3) is 0 Å². The number of hydrogen-bond donors (Lipinski definition) is 2. The topological polar surface area (TPSA) is 111 Å². The highest BCUT2D eigenvalue weighted by molar-refractivity contribution is 7.86. The third-order valence-corrected chi connectivity index (χ3v) is 6.49. The number of nitrogens with one attached hydrogen (secondary N) is 1. The Labute approximate surface area is 184 Å². The van der Waals surface area contributed by atoms with E-state index < -0.39 is 23.0 Å². The smallest absolute Gasteiger partial charge is 0.407 e. The van der Waals surface area contributed by atoms with Crippen molar-refractivity contribution in [2.24, 2.45) is 5.73 Å². The monoisotopic (exact) mass is 445 g/mol. The number of amides is 1. The summed E-state index contributed by atoms with van der Waals surface area (Å²) in [6.45, 7) is 1.95. The molecular weight excluding hydrogens is 418 g/mol. The van der Waals surface area contributed by atoms with Crippen LogP contribution in [0, 0.1) is 6.92 Å². The minimum Gasteiger partial charge on any atom is -0.450 e. The number of para-hydroxylation sites is 1. The first-order valence-corrected chi connectivity index (χ1v) is 11.2. The lowest BCUT2D eigenvalue weighted by Gasteiger charge is -2.37. The van der Waals surface area contributed by atoms with Crippen molar-refractivity contribution in [2.75, 3.05) is 24.2 Å². The third-order valence-electron chi connectivity index (χ3n) is 4.96. The fraction of sp³-hybridized carbons (Fsp3) is 0.364. The number of rotatable bonds is 8. The second-order valence-corrected chi connectivity index (χ2v) is 8.53. The van der Waals surface area contributed by atoms with Gasteiger partial charge in [0.15, 0.2) is 11.0 Å². The van der Waals surface area contributed by atoms with E-state index in [0.29, 0.717) is 11.3 Å². The van der Waals surface area contributed by atoms with Gasteiger partial charge in [0.05, 0.1) is 23.0 Å². The molecule has 0 fully saturated rings. The molecule has 8 nitrogen and oxygen atoms in total. The van der Waals surface area contributed by atoms with E-state index in [4.69, 9.17) is 10.5 Å². The van der Waals surface area contributed by atoms with Crippen LogP contribution in [-0.2, 0) is 31.7 Å². The van der Waals surface area contributed by atoms with Crippen molar-refractivity contribution in [3.8, 4) is 0 Å². The normalized spacial score (nSPS) is 16.2. The summed E-state index contributed by atoms with van der Waals surface area (Å²) in [6, 6.07) is 15.2. The largest absolute Gasteiger partial charge is 0.450 e. The van der Waals surface area contributed by atoms with Gasteiger partial charge in [0, 0.05) is 6.54 Å². The number of benzene rings is 2. The first-order valence-electron chi connectivity index (χ1n) is 10.1. The van der Waals surface area contributed by atoms with Crippen LogP contribution >= 0.6 is 0 Å². The number of ether oxygens (including phenoxy) is 2. The lowest BCUT2D eigenvalue weighted by Crippen LogP contribution is -2.44. The summed E-state index contributed by atoms with van der Waals surface area (Å²) < 4.78 is 25.3. The zero-order chi connectivity index (χ0) is 22.2. The molecule has 2 aromatic carbocycles. The number of nitrogens with zero attached hydrogens (tertiary/aromatic N) is 1. The quantitative estimate of drug-likeness (QED) is 0.477. The van der Waals surface area contributed by atoms with Crippen LogP contribution in [0.15, 0.2) is 53.4 Å². The van der Waals surface area contributed by atoms with Crippen LogP contribution in [0.2, 0.25) is 0 Å². The predicted octanol–water partition coefficient (Wildman–Crippen LogP) is 2.41. The Kier molecular flexibility index (Phi) is 8.02. The highest BCUT2D eigenvalue weighted by Crippen LogP contribution is 2.33. The molecule has 3 rings (SSSR count). The van der Waals surface area contributed by atoms with E-state index >= 15 is 0 Å². The van der Waals surface area contributed by atoms with Gasteiger partial charge >= 0.3 is 12.1 Å². The Balaban J connectivity index is 1.67. The number of carbonyl (C=O) groups is 2. The SMILES string of the molecule is Cc1ccc(S(=O)N2c3ccccc3CCC2COC(=O)NCCC(=O)OCN)cc1. The molecule has 0 spiro atoms. The van der Waals surface area contributed by atoms with Gasteiger partial charge < -0.3 is 14.8 Å². The van der Waals surface area contributed by atoms with E-state index in [1.807, 2.05) is 59.8 Å². The summed E-state index contributed by atoms with van der Waals surface area (Å²) >= 11 is 0. The van der Waals surface area contributed by atoms with Gasteiger partial charge in [-0.3, -0.25) is 14.8 Å². The lowest BCUT2D eigenvalue weighted by atomic mass is 9.98. The maximum absolute atomic E-state index is 13.5. The standard InChI is InChI=1S/C22H27N3O5S/c1-16-6-10-19(11-7-16)31(28)25-18(9-8-17-4-2-3-5-20(17)25)14-29-22(27)24-13-12-21(26)30-15-23/h2-7,10-11,18H,8-9,12-15,23H2,1H3,(H,24,27). The van der Waals surface area contributed by atoms with Crippen molar-refractivity contribution in [1.29, 1.82) is 0 Å². The molecule has 2 aromatic rings. The molecule has 0 saturated carbocycles. The number of carbonyl (C=O) groups excluding carboxylic acids is 2. The van der Waals surface area contributed by atoms with Crippen LogP contribution < -0.4 is 15.4 Å². The molecule has 1 aliphatic rings. The van der Waals surface area contributed by atoms with Gasteiger partial charge in [0.1, 0.15) is 13.3 Å². The number of aryl methyl sites for hydroxylation is 2. The van der Waals surface area contributed by atoms with Crippen LogP contribution in [-0.4, -0.2) is 42.2 Å². The summed E-state index contributed by atoms with van der Waals surface area (Å²) in [4.78, 5) is 24.0. The van der Waals surface area contributed by atoms with Gasteiger partial charge in [-0.15, -0.1) is 0 Å². The van der Waals surface area contributed by atoms with E-state index in [9.17, 15) is 13.8 Å². The molecule has 1 amide bonds. The Bertz CT molecular complexity index is 935. The molecule has 31 heavy (non-hydrogen) atoms. The van der Waals surface area contributed by atoms with Gasteiger partial charge in [0.25, 0.3) is 0 Å². The first-order chi connectivity index (χ1) is 15.0. The molecule has 0 aliphatic carbocycles. The third kappa shape index (κ3) is 6.05. The summed E-state index contributed by atoms with van der Waals surface area (Å²) in [5, 5.41) is 2.52. The van der Waals surface area contributed by atoms with E-state index in [0.717, 1.165) is 23.2 Å². The van der Waals surface area contributed by atoms with Crippen LogP contribution in [0.1, 0.15) is 24.0 Å². The zero-order valence-electron chi connectivity index (χ0n) is 17.4. The fourth-order valence-electron chi connectivity index (χ4n) is 3.37. The van der Waals surface area contributed by atoms with E-state index in [1.165, 1.54) is 0 Å². The predicted molar refractivity (Wildman–Crippen MR) is 118 cm³/mol. The molecule has 0 radical (unpaired) electrons. The molecule has 2 unspecified atom stereocenters. The van der Waals surface area contributed by atoms with Crippen molar-refractivity contribution in [1.82, 2.24) is 5.32 Å². The number of anilines is 1. The summed E-state index contributed by atoms with van der Waals surface area (Å²) in [7, 11) is -1.45. The van der Waals surface area contributed by atoms with Crippen molar-refractivity contribution >= 4 is 28.7 Å². The molecule has 3 N–H and O–H groups in total. The summed E-state index contributed by atoms with van der Waals surface area (Å²) in [5.74, 6) is -0.494. The maximum Gasteiger partial charge on any atom is 0.407 e. The molecule has 0 bridgehead atoms. The minimum absolute atomic E-state index is 0.00662. The van der Waals surface area contributed by atoms with Crippen LogP contribution in [0.3, 0.4) is 0 Å². The Morgan fingerprint density at radius 3 is 2.65 bits per heavy atom. The molecular formula is C22H27N3O5S. The molecule has 2 atom stereocenters. The van der Waals surface area contributed by atoms with Crippen molar-refractivity contribution in [3.05, 3.63) is 59.7 Å². The van der Waals surface area contributed by atoms with Crippen molar-refractivity contribution in [2.45, 2.75) is 37.1 Å². The average molecular weight is 446 g/mol. The Morgan fingerprint density at radius 2 is 1.90 bits per heavy atom. The minimum atomic E-state index is -1.45. The van der Waals surface area contributed by atoms with Gasteiger partial charge in [-0.05, 0) is 43.5 Å². The second kappa shape index (κ2) is 10.9. The summed E-state index contributed by atoms with van der Waals surface area (Å²) in [6.07, 6.45) is 0.871. The van der Waals surface area contributed by atoms with Crippen LogP contribution in [0.4, 0.5) is 10.5 Å². The number of fused-ring (bicyclic) bond motifs is 1. The van der Waals surface area contributed by atoms with Gasteiger partial charge in [-0.1, -0.05) is 35.9 Å². The van der Waals surface area contributed by atoms with E-state index in [2.05, 4.69) is 10.1 Å². The Morgan fingerprint density at radius 1 is 1.16 bits per heavy atom. The molecule has 0 aromatic heterocycles. The number of alkyl carbamates (subject to hydrolysis) is 1. The highest BCUT2D eigenvalue weighted by atomic mass is 32.2. The summed E-state index contributed by atoms with van der Waals surface area (Å²) in [5.41, 5.74) is 8.21. The van der Waals surface area contributed by atoms with Gasteiger partial charge in [0.2, 0.25) is 0 Å². The first kappa shape index (κ1) is 22.8. The van der Waals surface area contributed by atoms with Gasteiger partial charge in [-0.2, -0.15) is 0 Å². The number of nitrogens with two attached hydrogens (primary N) is 1. The maximum atomic E-state index is 13.5. The number of hydrogen-bond acceptors (Lipinski definition) is 6. The molecule has 9 heteroatoms. The highest BCUT2D eigenvalue weighted by Gasteiger charge is 2.32. The zero-order valence-corrected chi connectivity index (χ0v) is 18.2. The molecule has 166 valence electrons. The molecule has 1 heterocycles. The van der Waals surface area contributed by atoms with Crippen LogP contribution in [0.5, 0.6) is 0 Å². The van der Waals surface area contributed by atoms with E-state index in [-0.39, 0.29) is 32.3 Å². The number of esters is 1. The van der Waals surface area contributed by atoms with Gasteiger partial charge in [-0.25, -0.2) is 9.00 Å². The Hall–Kier alpha value is -2.91. The van der Waals surface area contributed by atoms with Crippen molar-refractivity contribution < 1.29 is 23.3 Å². The molecule has 1 aliphatic heterocycles. The fourth-order valence-corrected chi connectivity index (χ4v) is 4.76. The second-order valence-electron chi connectivity index (χ2n) is 7.17. The van der Waals surface area contributed by atoms with E-state index in [1.54, 1.807) is 0 Å².